The summed E-state index contributed by atoms with van der Waals surface area (Å²) in [6.45, 7) is 7.51. The molecule has 4 atom stereocenters. The predicted octanol–water partition coefficient (Wildman–Crippen LogP) is 7.82. The van der Waals surface area contributed by atoms with Crippen LogP contribution in [0.1, 0.15) is 94.0 Å². The quantitative estimate of drug-likeness (QED) is 0.219. The lowest BCUT2D eigenvalue weighted by Crippen LogP contribution is -2.53. The molecule has 1 fully saturated rings. The van der Waals surface area contributed by atoms with Crippen molar-refractivity contribution >= 4 is 29.2 Å². The van der Waals surface area contributed by atoms with Crippen LogP contribution in [0, 0.1) is 11.8 Å². The number of hydrogen-bond donors (Lipinski definition) is 2. The Morgan fingerprint density at radius 3 is 2.71 bits per heavy atom. The molecular weight excluding hydrogens is 666 g/mol. The summed E-state index contributed by atoms with van der Waals surface area (Å²) in [7, 11) is 1.77. The number of pyridine rings is 1. The van der Waals surface area contributed by atoms with E-state index in [0.29, 0.717) is 67.8 Å². The molecule has 7 rings (SSSR count). The van der Waals surface area contributed by atoms with Crippen LogP contribution in [-0.2, 0) is 27.8 Å². The number of rotatable bonds is 10. The van der Waals surface area contributed by atoms with Crippen molar-refractivity contribution in [1.82, 2.24) is 9.88 Å². The number of hydrogen-bond acceptors (Lipinski definition) is 7. The van der Waals surface area contributed by atoms with Crippen LogP contribution in [0.15, 0.2) is 48.7 Å². The lowest BCUT2D eigenvalue weighted by atomic mass is 9.59. The number of carboxylic acids is 1. The molecule has 10 heteroatoms. The van der Waals surface area contributed by atoms with Crippen molar-refractivity contribution in [2.45, 2.75) is 102 Å². The summed E-state index contributed by atoms with van der Waals surface area (Å²) in [6, 6.07) is 13.6. The molecule has 1 spiro atoms. The van der Waals surface area contributed by atoms with Gasteiger partial charge in [-0.15, -0.1) is 0 Å². The Kier molecular flexibility index (Phi) is 9.87. The number of likely N-dealkylation sites (N-methyl/N-ethyl adjacent to an activating group) is 1. The van der Waals surface area contributed by atoms with Crippen molar-refractivity contribution in [2.75, 3.05) is 32.1 Å². The summed E-state index contributed by atoms with van der Waals surface area (Å²) in [5.74, 6) is 2.53. The van der Waals surface area contributed by atoms with E-state index in [1.807, 2.05) is 24.4 Å². The Morgan fingerprint density at radius 2 is 1.96 bits per heavy atom. The standard InChI is InChI=1S/C41H50ClN3O6/c1-25(23-49-35-11-16-43-34-10-5-7-26(2)38(34)35)17-29-18-28-19-36-37(51-32(24-50-36)22-45(4)27(3)46)21-33(28)40(29)12-14-41(15-13-40,39(47)48)44-31-9-6-8-30(42)20-31/h6,8-9,11,16,19-21,25-26,29,32,44H,5,7,10,12-15,17-18,22-24H2,1-4H3,(H,47,48)/t25-,26-,29+,32+,40?,41?/m1/s1. The number of carboxylic acid groups (broad SMARTS) is 1. The van der Waals surface area contributed by atoms with Crippen molar-refractivity contribution in [3.8, 4) is 17.2 Å². The highest BCUT2D eigenvalue weighted by Gasteiger charge is 2.54. The fourth-order valence-corrected chi connectivity index (χ4v) is 9.43. The molecule has 0 bridgehead atoms. The molecule has 3 aliphatic carbocycles. The number of halogens is 1. The third kappa shape index (κ3) is 6.98. The first kappa shape index (κ1) is 35.4. The van der Waals surface area contributed by atoms with Gasteiger partial charge in [-0.05, 0) is 128 Å². The predicted molar refractivity (Wildman–Crippen MR) is 197 cm³/mol. The normalized spacial score (nSPS) is 26.9. The number of nitrogens with one attached hydrogen (secondary N) is 1. The molecule has 2 heterocycles. The van der Waals surface area contributed by atoms with Crippen molar-refractivity contribution < 1.29 is 28.9 Å². The number of carbonyl (C=O) groups is 2. The van der Waals surface area contributed by atoms with Gasteiger partial charge in [0.25, 0.3) is 0 Å². The van der Waals surface area contributed by atoms with Crippen LogP contribution in [0.3, 0.4) is 0 Å². The van der Waals surface area contributed by atoms with E-state index in [9.17, 15) is 14.7 Å². The van der Waals surface area contributed by atoms with Gasteiger partial charge in [0.15, 0.2) is 17.6 Å². The molecule has 1 aliphatic heterocycles. The maximum Gasteiger partial charge on any atom is 0.329 e. The maximum absolute atomic E-state index is 13.0. The zero-order chi connectivity index (χ0) is 35.9. The van der Waals surface area contributed by atoms with Crippen LogP contribution in [0.25, 0.3) is 0 Å². The first-order valence-electron chi connectivity index (χ1n) is 18.5. The fraction of sp³-hybridized carbons (Fsp3) is 0.537. The van der Waals surface area contributed by atoms with E-state index in [4.69, 9.17) is 25.8 Å². The highest BCUT2D eigenvalue weighted by molar-refractivity contribution is 6.30. The van der Waals surface area contributed by atoms with Crippen LogP contribution in [0.2, 0.25) is 5.02 Å². The second-order valence-corrected chi connectivity index (χ2v) is 16.0. The fourth-order valence-electron chi connectivity index (χ4n) is 9.24. The Balaban J connectivity index is 1.15. The van der Waals surface area contributed by atoms with E-state index in [0.717, 1.165) is 37.2 Å². The molecular formula is C41H50ClN3O6. The van der Waals surface area contributed by atoms with Gasteiger partial charge in [-0.2, -0.15) is 0 Å². The number of ether oxygens (including phenoxy) is 3. The van der Waals surface area contributed by atoms with Gasteiger partial charge < -0.3 is 29.5 Å². The highest BCUT2D eigenvalue weighted by Crippen LogP contribution is 2.58. The number of fused-ring (bicyclic) bond motifs is 4. The lowest BCUT2D eigenvalue weighted by Gasteiger charge is -2.47. The van der Waals surface area contributed by atoms with E-state index in [1.54, 1.807) is 31.0 Å². The first-order chi connectivity index (χ1) is 24.5. The SMILES string of the molecule is CC(=O)N(C)C[C@H]1COc2cc3c(cc2O1)C1(CCC(Nc2cccc(Cl)c2)(C(=O)O)CC1)[C@@H](C[C@@H](C)COc1ccnc2c1[C@H](C)CCC2)C3. The third-order valence-electron chi connectivity index (χ3n) is 12.1. The zero-order valence-corrected chi connectivity index (χ0v) is 30.9. The maximum atomic E-state index is 13.0. The van der Waals surface area contributed by atoms with Crippen LogP contribution >= 0.6 is 11.6 Å². The summed E-state index contributed by atoms with van der Waals surface area (Å²) < 4.78 is 19.3. The Labute approximate surface area is 306 Å². The minimum absolute atomic E-state index is 0.0212. The molecule has 3 aromatic rings. The van der Waals surface area contributed by atoms with Gasteiger partial charge in [0.05, 0.1) is 13.2 Å². The largest absolute Gasteiger partial charge is 0.493 e. The number of aromatic nitrogens is 1. The molecule has 9 nitrogen and oxygen atoms in total. The lowest BCUT2D eigenvalue weighted by molar-refractivity contribution is -0.144. The number of aryl methyl sites for hydroxylation is 1. The van der Waals surface area contributed by atoms with Gasteiger partial charge in [-0.1, -0.05) is 31.5 Å². The minimum atomic E-state index is -1.11. The topological polar surface area (TPSA) is 110 Å². The molecule has 2 N–H and O–H groups in total. The van der Waals surface area contributed by atoms with Gasteiger partial charge in [-0.25, -0.2) is 4.79 Å². The van der Waals surface area contributed by atoms with Crippen LogP contribution in [0.5, 0.6) is 17.2 Å². The third-order valence-corrected chi connectivity index (χ3v) is 12.3. The van der Waals surface area contributed by atoms with Gasteiger partial charge in [0, 0.05) is 42.1 Å². The summed E-state index contributed by atoms with van der Waals surface area (Å²) in [6.07, 6.45) is 9.12. The molecule has 2 aromatic carbocycles. The monoisotopic (exact) mass is 715 g/mol. The number of anilines is 1. The molecule has 0 radical (unpaired) electrons. The van der Waals surface area contributed by atoms with Crippen LogP contribution in [0.4, 0.5) is 5.69 Å². The van der Waals surface area contributed by atoms with Crippen LogP contribution < -0.4 is 19.5 Å². The average Bonchev–Trinajstić information content (AvgIpc) is 3.38. The van der Waals surface area contributed by atoms with Crippen molar-refractivity contribution in [1.29, 1.82) is 0 Å². The Bertz CT molecular complexity index is 1790. The van der Waals surface area contributed by atoms with E-state index in [1.165, 1.54) is 28.8 Å². The average molecular weight is 716 g/mol. The van der Waals surface area contributed by atoms with Crippen molar-refractivity contribution in [3.63, 3.8) is 0 Å². The van der Waals surface area contributed by atoms with E-state index in [-0.39, 0.29) is 29.3 Å². The molecule has 4 aliphatic rings. The van der Waals surface area contributed by atoms with E-state index in [2.05, 4.69) is 36.3 Å². The number of amides is 1. The van der Waals surface area contributed by atoms with Gasteiger partial charge in [-0.3, -0.25) is 9.78 Å². The summed E-state index contributed by atoms with van der Waals surface area (Å²) in [4.78, 5) is 31.3. The van der Waals surface area contributed by atoms with E-state index < -0.39 is 11.5 Å². The molecule has 272 valence electrons. The molecule has 51 heavy (non-hydrogen) atoms. The number of aliphatic carboxylic acids is 1. The number of benzene rings is 2. The first-order valence-corrected chi connectivity index (χ1v) is 18.9. The van der Waals surface area contributed by atoms with Gasteiger partial charge >= 0.3 is 5.97 Å². The summed E-state index contributed by atoms with van der Waals surface area (Å²) >= 11 is 6.29. The van der Waals surface area contributed by atoms with Gasteiger partial charge in [0.1, 0.15) is 17.9 Å². The number of carbonyl (C=O) groups excluding carboxylic acids is 1. The summed E-state index contributed by atoms with van der Waals surface area (Å²) in [5, 5.41) is 14.6. The van der Waals surface area contributed by atoms with Crippen molar-refractivity contribution in [2.24, 2.45) is 11.8 Å². The molecule has 1 saturated carbocycles. The minimum Gasteiger partial charge on any atom is -0.493 e. The highest BCUT2D eigenvalue weighted by atomic mass is 35.5. The smallest absolute Gasteiger partial charge is 0.329 e. The Hall–Kier alpha value is -3.98. The Morgan fingerprint density at radius 1 is 1.16 bits per heavy atom. The van der Waals surface area contributed by atoms with E-state index >= 15 is 0 Å². The summed E-state index contributed by atoms with van der Waals surface area (Å²) in [5.41, 5.74) is 4.30. The molecule has 0 saturated heterocycles. The number of nitrogens with zero attached hydrogens (tertiary/aromatic N) is 2. The van der Waals surface area contributed by atoms with Crippen LogP contribution in [-0.4, -0.2) is 65.3 Å². The molecule has 0 unspecified atom stereocenters. The zero-order valence-electron chi connectivity index (χ0n) is 30.2. The second kappa shape index (κ2) is 14.2. The second-order valence-electron chi connectivity index (χ2n) is 15.6. The molecule has 1 amide bonds. The van der Waals surface area contributed by atoms with Crippen molar-refractivity contribution in [3.05, 3.63) is 76.1 Å². The van der Waals surface area contributed by atoms with Gasteiger partial charge in [0.2, 0.25) is 5.91 Å². The molecule has 1 aromatic heterocycles.